The molecule has 0 saturated carbocycles. The fourth-order valence-electron chi connectivity index (χ4n) is 6.51. The van der Waals surface area contributed by atoms with Gasteiger partial charge in [0.15, 0.2) is 0 Å². The number of benzene rings is 7. The number of para-hydroxylation sites is 4. The highest BCUT2D eigenvalue weighted by atomic mass is 16.3. The first-order chi connectivity index (χ1) is 22.8. The molecular formula is C42H28N2O2. The van der Waals surface area contributed by atoms with E-state index < -0.39 is 0 Å². The van der Waals surface area contributed by atoms with E-state index in [0.29, 0.717) is 0 Å². The predicted molar refractivity (Wildman–Crippen MR) is 190 cm³/mol. The Morgan fingerprint density at radius 1 is 0.261 bits per heavy atom. The third-order valence-electron chi connectivity index (χ3n) is 8.62. The normalized spacial score (nSPS) is 11.5. The molecule has 46 heavy (non-hydrogen) atoms. The summed E-state index contributed by atoms with van der Waals surface area (Å²) in [4.78, 5) is 4.55. The molecule has 4 heteroatoms. The molecule has 9 rings (SSSR count). The zero-order valence-electron chi connectivity index (χ0n) is 24.9. The van der Waals surface area contributed by atoms with Gasteiger partial charge >= 0.3 is 0 Å². The molecular weight excluding hydrogens is 564 g/mol. The average Bonchev–Trinajstić information content (AvgIpc) is 3.67. The zero-order chi connectivity index (χ0) is 30.5. The van der Waals surface area contributed by atoms with Crippen LogP contribution in [0.1, 0.15) is 0 Å². The largest absolute Gasteiger partial charge is 0.456 e. The molecule has 2 heterocycles. The van der Waals surface area contributed by atoms with E-state index in [1.54, 1.807) is 0 Å². The first-order valence-corrected chi connectivity index (χ1v) is 15.4. The number of hydrogen-bond acceptors (Lipinski definition) is 4. The minimum Gasteiger partial charge on any atom is -0.456 e. The smallest absolute Gasteiger partial charge is 0.137 e. The lowest BCUT2D eigenvalue weighted by molar-refractivity contribution is 0.668. The van der Waals surface area contributed by atoms with Crippen LogP contribution in [0.15, 0.2) is 179 Å². The van der Waals surface area contributed by atoms with Crippen molar-refractivity contribution in [2.45, 2.75) is 0 Å². The number of fused-ring (bicyclic) bond motifs is 6. The fraction of sp³-hybridized carbons (Fsp3) is 0. The number of furan rings is 2. The molecule has 0 saturated heterocycles. The molecule has 4 nitrogen and oxygen atoms in total. The minimum absolute atomic E-state index is 0.839. The van der Waals surface area contributed by atoms with Crippen LogP contribution in [0.3, 0.4) is 0 Å². The highest BCUT2D eigenvalue weighted by molar-refractivity contribution is 6.09. The summed E-state index contributed by atoms with van der Waals surface area (Å²) in [5.41, 5.74) is 9.86. The van der Waals surface area contributed by atoms with Crippen LogP contribution in [-0.4, -0.2) is 0 Å². The number of rotatable bonds is 6. The highest BCUT2D eigenvalue weighted by Crippen LogP contribution is 2.42. The van der Waals surface area contributed by atoms with Crippen LogP contribution in [0, 0.1) is 0 Å². The summed E-state index contributed by atoms with van der Waals surface area (Å²) >= 11 is 0. The van der Waals surface area contributed by atoms with Crippen LogP contribution in [0.5, 0.6) is 0 Å². The minimum atomic E-state index is 0.839. The van der Waals surface area contributed by atoms with Crippen molar-refractivity contribution in [1.82, 2.24) is 0 Å². The van der Waals surface area contributed by atoms with Crippen molar-refractivity contribution >= 4 is 78.0 Å². The quantitative estimate of drug-likeness (QED) is 0.192. The second-order valence-electron chi connectivity index (χ2n) is 11.4. The number of nitrogens with zero attached hydrogens (tertiary/aromatic N) is 2. The Hall–Kier alpha value is -6.26. The van der Waals surface area contributed by atoms with Crippen LogP contribution in [0.2, 0.25) is 0 Å². The topological polar surface area (TPSA) is 32.8 Å². The SMILES string of the molecule is c1ccc(N(c2ccc3c(c2)oc2ccc(N(c4ccccc4)c4ccccc4)cc23)c2ccc3oc4ccccc4c3c2)cc1. The Balaban J connectivity index is 1.18. The van der Waals surface area contributed by atoms with Gasteiger partial charge in [-0.15, -0.1) is 0 Å². The van der Waals surface area contributed by atoms with E-state index in [1.807, 2.05) is 30.3 Å². The maximum Gasteiger partial charge on any atom is 0.137 e. The number of anilines is 6. The number of hydrogen-bond donors (Lipinski definition) is 0. The van der Waals surface area contributed by atoms with Gasteiger partial charge in [-0.05, 0) is 91.0 Å². The van der Waals surface area contributed by atoms with Gasteiger partial charge < -0.3 is 18.6 Å². The summed E-state index contributed by atoms with van der Waals surface area (Å²) in [5.74, 6) is 0. The van der Waals surface area contributed by atoms with E-state index in [4.69, 9.17) is 8.83 Å². The predicted octanol–water partition coefficient (Wildman–Crippen LogP) is 12.4. The van der Waals surface area contributed by atoms with Gasteiger partial charge in [0.25, 0.3) is 0 Å². The molecule has 0 bridgehead atoms. The molecule has 0 spiro atoms. The van der Waals surface area contributed by atoms with Gasteiger partial charge in [0, 0.05) is 61.7 Å². The summed E-state index contributed by atoms with van der Waals surface area (Å²) in [7, 11) is 0. The van der Waals surface area contributed by atoms with E-state index in [1.165, 1.54) is 0 Å². The van der Waals surface area contributed by atoms with Crippen molar-refractivity contribution in [1.29, 1.82) is 0 Å². The van der Waals surface area contributed by atoms with Crippen molar-refractivity contribution in [2.75, 3.05) is 9.80 Å². The van der Waals surface area contributed by atoms with Gasteiger partial charge in [-0.1, -0.05) is 72.8 Å². The summed E-state index contributed by atoms with van der Waals surface area (Å²) in [6.45, 7) is 0. The highest BCUT2D eigenvalue weighted by Gasteiger charge is 2.19. The van der Waals surface area contributed by atoms with Crippen LogP contribution in [0.4, 0.5) is 34.1 Å². The second kappa shape index (κ2) is 10.7. The molecule has 0 amide bonds. The maximum atomic E-state index is 6.52. The molecule has 9 aromatic rings. The maximum absolute atomic E-state index is 6.52. The Bertz CT molecular complexity index is 2440. The van der Waals surface area contributed by atoms with Crippen LogP contribution >= 0.6 is 0 Å². The van der Waals surface area contributed by atoms with Crippen LogP contribution in [0.25, 0.3) is 43.9 Å². The van der Waals surface area contributed by atoms with Crippen molar-refractivity contribution in [3.05, 3.63) is 170 Å². The molecule has 0 radical (unpaired) electrons. The Labute approximate surface area is 265 Å². The fourth-order valence-corrected chi connectivity index (χ4v) is 6.51. The lowest BCUT2D eigenvalue weighted by Gasteiger charge is -2.25. The molecule has 0 aliphatic carbocycles. The lowest BCUT2D eigenvalue weighted by atomic mass is 10.1. The molecule has 0 aliphatic heterocycles. The first kappa shape index (κ1) is 26.2. The molecule has 0 aliphatic rings. The summed E-state index contributed by atoms with van der Waals surface area (Å²) in [6, 6.07) is 58.9. The van der Waals surface area contributed by atoms with Crippen LogP contribution in [-0.2, 0) is 0 Å². The Kier molecular flexibility index (Phi) is 6.10. The van der Waals surface area contributed by atoms with Crippen molar-refractivity contribution in [3.8, 4) is 0 Å². The summed E-state index contributed by atoms with van der Waals surface area (Å²) in [5, 5.41) is 4.35. The molecule has 0 unspecified atom stereocenters. The van der Waals surface area contributed by atoms with Crippen molar-refractivity contribution in [2.24, 2.45) is 0 Å². The Morgan fingerprint density at radius 3 is 1.22 bits per heavy atom. The third kappa shape index (κ3) is 4.39. The monoisotopic (exact) mass is 592 g/mol. The molecule has 0 fully saturated rings. The molecule has 7 aromatic carbocycles. The van der Waals surface area contributed by atoms with Crippen molar-refractivity contribution < 1.29 is 8.83 Å². The van der Waals surface area contributed by atoms with E-state index in [9.17, 15) is 0 Å². The summed E-state index contributed by atoms with van der Waals surface area (Å²) in [6.07, 6.45) is 0. The van der Waals surface area contributed by atoms with Gasteiger partial charge in [-0.2, -0.15) is 0 Å². The third-order valence-corrected chi connectivity index (χ3v) is 8.62. The Morgan fingerprint density at radius 2 is 0.652 bits per heavy atom. The average molecular weight is 593 g/mol. The van der Waals surface area contributed by atoms with Crippen LogP contribution < -0.4 is 9.80 Å². The van der Waals surface area contributed by atoms with E-state index in [0.717, 1.165) is 78.0 Å². The second-order valence-corrected chi connectivity index (χ2v) is 11.4. The lowest BCUT2D eigenvalue weighted by Crippen LogP contribution is -2.09. The van der Waals surface area contributed by atoms with E-state index in [2.05, 4.69) is 149 Å². The standard InChI is InChI=1S/C42H28N2O2/c1-4-12-29(13-5-1)43(30-14-6-2-7-15-30)32-21-25-41-38(26-32)36-23-20-34(28-42(36)46-41)44(31-16-8-3-9-17-31)33-22-24-40-37(27-33)35-18-10-11-19-39(35)45-40/h1-28H. The first-order valence-electron chi connectivity index (χ1n) is 15.4. The van der Waals surface area contributed by atoms with Gasteiger partial charge in [-0.3, -0.25) is 0 Å². The molecule has 2 aromatic heterocycles. The van der Waals surface area contributed by atoms with Gasteiger partial charge in [0.05, 0.1) is 0 Å². The zero-order valence-corrected chi connectivity index (χ0v) is 24.9. The molecule has 218 valence electrons. The van der Waals surface area contributed by atoms with Crippen molar-refractivity contribution in [3.63, 3.8) is 0 Å². The molecule has 0 atom stereocenters. The van der Waals surface area contributed by atoms with E-state index >= 15 is 0 Å². The summed E-state index contributed by atoms with van der Waals surface area (Å²) < 4.78 is 12.7. The molecule has 0 N–H and O–H groups in total. The van der Waals surface area contributed by atoms with Gasteiger partial charge in [-0.25, -0.2) is 0 Å². The van der Waals surface area contributed by atoms with Gasteiger partial charge in [0.2, 0.25) is 0 Å². The van der Waals surface area contributed by atoms with E-state index in [-0.39, 0.29) is 0 Å². The van der Waals surface area contributed by atoms with Gasteiger partial charge in [0.1, 0.15) is 22.3 Å².